The quantitative estimate of drug-likeness (QED) is 0.643. The summed E-state index contributed by atoms with van der Waals surface area (Å²) in [6, 6.07) is 0. The Morgan fingerprint density at radius 2 is 2.36 bits per heavy atom. The molecule has 1 heterocycles. The maximum Gasteiger partial charge on any atom is 0.217 e. The van der Waals surface area contributed by atoms with Gasteiger partial charge in [0.25, 0.3) is 0 Å². The average molecular weight is 201 g/mol. The van der Waals surface area contributed by atoms with Crippen molar-refractivity contribution in [3.63, 3.8) is 0 Å². The monoisotopic (exact) mass is 201 g/mol. The molecule has 0 aromatic rings. The third kappa shape index (κ3) is 2.54. The van der Waals surface area contributed by atoms with Crippen LogP contribution in [0.5, 0.6) is 0 Å². The number of carbonyl (C=O) groups is 1. The zero-order valence-corrected chi connectivity index (χ0v) is 8.36. The summed E-state index contributed by atoms with van der Waals surface area (Å²) in [5.74, 6) is -1.24. The van der Waals surface area contributed by atoms with Crippen molar-refractivity contribution in [3.05, 3.63) is 12.2 Å². The van der Waals surface area contributed by atoms with Crippen LogP contribution in [0.15, 0.2) is 12.2 Å². The SMILES string of the molecule is CO[C@@H]1C=C[C@](CCC(N)=O)(OC)O1. The fourth-order valence-corrected chi connectivity index (χ4v) is 1.28. The molecular weight excluding hydrogens is 186 g/mol. The van der Waals surface area contributed by atoms with Crippen molar-refractivity contribution in [1.82, 2.24) is 0 Å². The van der Waals surface area contributed by atoms with Crippen LogP contribution in [-0.4, -0.2) is 32.2 Å². The van der Waals surface area contributed by atoms with Crippen molar-refractivity contribution in [2.75, 3.05) is 14.2 Å². The summed E-state index contributed by atoms with van der Waals surface area (Å²) in [6.07, 6.45) is 3.68. The van der Waals surface area contributed by atoms with Gasteiger partial charge < -0.3 is 19.9 Å². The highest BCUT2D eigenvalue weighted by Crippen LogP contribution is 2.29. The van der Waals surface area contributed by atoms with E-state index in [1.165, 1.54) is 14.2 Å². The van der Waals surface area contributed by atoms with E-state index >= 15 is 0 Å². The van der Waals surface area contributed by atoms with Crippen molar-refractivity contribution < 1.29 is 19.0 Å². The highest BCUT2D eigenvalue weighted by molar-refractivity contribution is 5.73. The van der Waals surface area contributed by atoms with Gasteiger partial charge in [-0.05, 0) is 12.2 Å². The Bertz CT molecular complexity index is 241. The molecule has 14 heavy (non-hydrogen) atoms. The highest BCUT2D eigenvalue weighted by atomic mass is 16.8. The number of hydrogen-bond acceptors (Lipinski definition) is 4. The molecule has 0 unspecified atom stereocenters. The first kappa shape index (κ1) is 11.2. The molecule has 5 nitrogen and oxygen atoms in total. The first-order chi connectivity index (χ1) is 6.62. The molecule has 1 aliphatic rings. The number of hydrogen-bond donors (Lipinski definition) is 1. The molecule has 0 saturated carbocycles. The number of carbonyl (C=O) groups excluding carboxylic acids is 1. The molecule has 0 spiro atoms. The number of methoxy groups -OCH3 is 2. The predicted octanol–water partition coefficient (Wildman–Crippen LogP) is 0.154. The molecule has 0 aliphatic carbocycles. The minimum Gasteiger partial charge on any atom is -0.370 e. The van der Waals surface area contributed by atoms with Crippen LogP contribution in [-0.2, 0) is 19.0 Å². The van der Waals surface area contributed by atoms with Gasteiger partial charge in [0.2, 0.25) is 5.91 Å². The maximum absolute atomic E-state index is 10.6. The Morgan fingerprint density at radius 3 is 2.79 bits per heavy atom. The van der Waals surface area contributed by atoms with Gasteiger partial charge in [0.05, 0.1) is 0 Å². The normalized spacial score (nSPS) is 30.9. The van der Waals surface area contributed by atoms with Crippen LogP contribution in [0.4, 0.5) is 0 Å². The number of primary amides is 1. The van der Waals surface area contributed by atoms with E-state index in [4.69, 9.17) is 19.9 Å². The number of rotatable bonds is 5. The molecule has 0 saturated heterocycles. The lowest BCUT2D eigenvalue weighted by Crippen LogP contribution is -2.33. The van der Waals surface area contributed by atoms with Crippen LogP contribution in [0.3, 0.4) is 0 Å². The Balaban J connectivity index is 2.52. The van der Waals surface area contributed by atoms with Gasteiger partial charge in [0.15, 0.2) is 12.1 Å². The molecule has 1 amide bonds. The second-order valence-corrected chi connectivity index (χ2v) is 3.06. The number of nitrogens with two attached hydrogens (primary N) is 1. The van der Waals surface area contributed by atoms with Crippen molar-refractivity contribution in [3.8, 4) is 0 Å². The topological polar surface area (TPSA) is 70.8 Å². The summed E-state index contributed by atoms with van der Waals surface area (Å²) < 4.78 is 15.6. The standard InChI is InChI=1S/C9H15NO4/c1-12-8-4-6-9(13-2,14-8)5-3-7(10)11/h4,6,8H,3,5H2,1-2H3,(H2,10,11)/t8-,9+/m0/s1. The lowest BCUT2D eigenvalue weighted by Gasteiger charge is -2.26. The molecule has 0 aromatic carbocycles. The van der Waals surface area contributed by atoms with Gasteiger partial charge in [-0.25, -0.2) is 0 Å². The van der Waals surface area contributed by atoms with Crippen molar-refractivity contribution in [1.29, 1.82) is 0 Å². The third-order valence-electron chi connectivity index (χ3n) is 2.12. The van der Waals surface area contributed by atoms with Gasteiger partial charge in [0.1, 0.15) is 0 Å². The van der Waals surface area contributed by atoms with Crippen LogP contribution in [0, 0.1) is 0 Å². The smallest absolute Gasteiger partial charge is 0.217 e. The van der Waals surface area contributed by atoms with Gasteiger partial charge >= 0.3 is 0 Å². The Labute approximate surface area is 82.8 Å². The van der Waals surface area contributed by atoms with Gasteiger partial charge in [-0.1, -0.05) is 0 Å². The second kappa shape index (κ2) is 4.54. The second-order valence-electron chi connectivity index (χ2n) is 3.06. The van der Waals surface area contributed by atoms with Gasteiger partial charge in [-0.3, -0.25) is 4.79 Å². The van der Waals surface area contributed by atoms with Crippen molar-refractivity contribution in [2.45, 2.75) is 24.9 Å². The van der Waals surface area contributed by atoms with Crippen LogP contribution < -0.4 is 5.73 Å². The zero-order chi connectivity index (χ0) is 10.6. The minimum absolute atomic E-state index is 0.217. The van der Waals surface area contributed by atoms with E-state index in [0.717, 1.165) is 0 Å². The summed E-state index contributed by atoms with van der Waals surface area (Å²) in [5.41, 5.74) is 5.05. The van der Waals surface area contributed by atoms with Crippen molar-refractivity contribution >= 4 is 5.91 Å². The van der Waals surface area contributed by atoms with E-state index in [2.05, 4.69) is 0 Å². The highest BCUT2D eigenvalue weighted by Gasteiger charge is 2.35. The van der Waals surface area contributed by atoms with E-state index in [9.17, 15) is 4.79 Å². The fraction of sp³-hybridized carbons (Fsp3) is 0.667. The summed E-state index contributed by atoms with van der Waals surface area (Å²) in [7, 11) is 3.05. The summed E-state index contributed by atoms with van der Waals surface area (Å²) in [6.45, 7) is 0. The van der Waals surface area contributed by atoms with Crippen molar-refractivity contribution in [2.24, 2.45) is 5.73 Å². The van der Waals surface area contributed by atoms with Crippen LogP contribution >= 0.6 is 0 Å². The Kier molecular flexibility index (Phi) is 3.62. The van der Waals surface area contributed by atoms with Crippen LogP contribution in [0.2, 0.25) is 0 Å². The molecular formula is C9H15NO4. The molecule has 0 bridgehead atoms. The van der Waals surface area contributed by atoms with Gasteiger partial charge in [-0.2, -0.15) is 0 Å². The fourth-order valence-electron chi connectivity index (χ4n) is 1.28. The molecule has 2 atom stereocenters. The number of ether oxygens (including phenoxy) is 3. The Morgan fingerprint density at radius 1 is 1.64 bits per heavy atom. The average Bonchev–Trinajstić information content (AvgIpc) is 2.59. The van der Waals surface area contributed by atoms with E-state index in [0.29, 0.717) is 6.42 Å². The molecule has 5 heteroatoms. The maximum atomic E-state index is 10.6. The molecule has 2 N–H and O–H groups in total. The zero-order valence-electron chi connectivity index (χ0n) is 8.36. The van der Waals surface area contributed by atoms with E-state index in [1.807, 2.05) is 0 Å². The molecule has 0 radical (unpaired) electrons. The Hall–Kier alpha value is -0.910. The largest absolute Gasteiger partial charge is 0.370 e. The first-order valence-corrected chi connectivity index (χ1v) is 4.35. The van der Waals surface area contributed by atoms with Gasteiger partial charge in [0, 0.05) is 27.1 Å². The summed E-state index contributed by atoms with van der Waals surface area (Å²) >= 11 is 0. The molecule has 0 aromatic heterocycles. The lowest BCUT2D eigenvalue weighted by molar-refractivity contribution is -0.244. The molecule has 1 aliphatic heterocycles. The first-order valence-electron chi connectivity index (χ1n) is 4.35. The lowest BCUT2D eigenvalue weighted by atomic mass is 10.1. The van der Waals surface area contributed by atoms with Crippen LogP contribution in [0.1, 0.15) is 12.8 Å². The molecule has 0 fully saturated rings. The van der Waals surface area contributed by atoms with E-state index in [-0.39, 0.29) is 12.3 Å². The van der Waals surface area contributed by atoms with Crippen LogP contribution in [0.25, 0.3) is 0 Å². The summed E-state index contributed by atoms with van der Waals surface area (Å²) in [5, 5.41) is 0. The van der Waals surface area contributed by atoms with Gasteiger partial charge in [-0.15, -0.1) is 0 Å². The molecule has 80 valence electrons. The van der Waals surface area contributed by atoms with E-state index in [1.54, 1.807) is 12.2 Å². The third-order valence-corrected chi connectivity index (χ3v) is 2.12. The number of amides is 1. The molecule has 1 rings (SSSR count). The minimum atomic E-state index is -0.865. The summed E-state index contributed by atoms with van der Waals surface area (Å²) in [4.78, 5) is 10.6. The predicted molar refractivity (Wildman–Crippen MR) is 49.2 cm³/mol. The van der Waals surface area contributed by atoms with E-state index < -0.39 is 12.1 Å².